The Morgan fingerprint density at radius 1 is 1.17 bits per heavy atom. The minimum Gasteiger partial charge on any atom is -0.395 e. The van der Waals surface area contributed by atoms with Crippen LogP contribution >= 0.6 is 0 Å². The van der Waals surface area contributed by atoms with Crippen LogP contribution < -0.4 is 5.32 Å². The Bertz CT molecular complexity index is 702. The van der Waals surface area contributed by atoms with Gasteiger partial charge in [0.25, 0.3) is 5.91 Å². The van der Waals surface area contributed by atoms with Crippen LogP contribution in [-0.2, 0) is 5.41 Å². The SMILES string of the molecule is O=C(NCC1(c2ccccc2)CCCC1)c1ccc([N+](=O)[O-])o1. The fourth-order valence-corrected chi connectivity index (χ4v) is 3.30. The molecule has 1 amide bonds. The van der Waals surface area contributed by atoms with Crippen LogP contribution in [0.15, 0.2) is 46.9 Å². The molecule has 2 aromatic rings. The predicted molar refractivity (Wildman–Crippen MR) is 84.3 cm³/mol. The highest BCUT2D eigenvalue weighted by molar-refractivity contribution is 5.91. The third-order valence-electron chi connectivity index (χ3n) is 4.53. The van der Waals surface area contributed by atoms with Crippen molar-refractivity contribution in [3.63, 3.8) is 0 Å². The van der Waals surface area contributed by atoms with E-state index >= 15 is 0 Å². The van der Waals surface area contributed by atoms with E-state index in [1.165, 1.54) is 17.7 Å². The van der Waals surface area contributed by atoms with Crippen LogP contribution in [0.5, 0.6) is 0 Å². The Hall–Kier alpha value is -2.63. The van der Waals surface area contributed by atoms with E-state index in [9.17, 15) is 14.9 Å². The monoisotopic (exact) mass is 314 g/mol. The van der Waals surface area contributed by atoms with Crippen LogP contribution in [0.2, 0.25) is 0 Å². The molecule has 1 N–H and O–H groups in total. The number of nitrogens with one attached hydrogen (secondary N) is 1. The fourth-order valence-electron chi connectivity index (χ4n) is 3.30. The lowest BCUT2D eigenvalue weighted by Crippen LogP contribution is -2.38. The number of carbonyl (C=O) groups excluding carboxylic acids is 1. The zero-order valence-corrected chi connectivity index (χ0v) is 12.7. The first-order chi connectivity index (χ1) is 11.1. The van der Waals surface area contributed by atoms with E-state index in [1.54, 1.807) is 0 Å². The third kappa shape index (κ3) is 3.11. The first kappa shape index (κ1) is 15.3. The first-order valence-electron chi connectivity index (χ1n) is 7.69. The second kappa shape index (κ2) is 6.24. The number of amides is 1. The summed E-state index contributed by atoms with van der Waals surface area (Å²) in [5, 5.41) is 13.5. The summed E-state index contributed by atoms with van der Waals surface area (Å²) in [6, 6.07) is 12.7. The van der Waals surface area contributed by atoms with Crippen LogP contribution in [0.25, 0.3) is 0 Å². The number of benzene rings is 1. The van der Waals surface area contributed by atoms with Crippen LogP contribution in [0.3, 0.4) is 0 Å². The van der Waals surface area contributed by atoms with Gasteiger partial charge >= 0.3 is 5.88 Å². The lowest BCUT2D eigenvalue weighted by atomic mass is 9.79. The Morgan fingerprint density at radius 2 is 1.87 bits per heavy atom. The predicted octanol–water partition coefficient (Wildman–Crippen LogP) is 3.43. The van der Waals surface area contributed by atoms with Crippen molar-refractivity contribution >= 4 is 11.8 Å². The summed E-state index contributed by atoms with van der Waals surface area (Å²) in [6.07, 6.45) is 4.32. The molecule has 0 aliphatic heterocycles. The Balaban J connectivity index is 1.72. The second-order valence-corrected chi connectivity index (χ2v) is 5.93. The molecular formula is C17H18N2O4. The van der Waals surface area contributed by atoms with E-state index in [1.807, 2.05) is 18.2 Å². The van der Waals surface area contributed by atoms with Gasteiger partial charge in [0.05, 0.1) is 6.07 Å². The molecule has 3 rings (SSSR count). The van der Waals surface area contributed by atoms with Crippen LogP contribution in [0.4, 0.5) is 5.88 Å². The van der Waals surface area contributed by atoms with E-state index in [2.05, 4.69) is 17.4 Å². The third-order valence-corrected chi connectivity index (χ3v) is 4.53. The van der Waals surface area contributed by atoms with Gasteiger partial charge in [0, 0.05) is 12.0 Å². The molecule has 0 atom stereocenters. The molecule has 0 spiro atoms. The molecule has 120 valence electrons. The molecule has 0 radical (unpaired) electrons. The molecule has 0 saturated heterocycles. The number of nitro groups is 1. The van der Waals surface area contributed by atoms with E-state index in [-0.39, 0.29) is 11.2 Å². The molecule has 23 heavy (non-hydrogen) atoms. The van der Waals surface area contributed by atoms with Gasteiger partial charge in [-0.2, -0.15) is 0 Å². The van der Waals surface area contributed by atoms with Crippen LogP contribution in [-0.4, -0.2) is 17.4 Å². The topological polar surface area (TPSA) is 85.4 Å². The fraction of sp³-hybridized carbons (Fsp3) is 0.353. The number of nitrogens with zero attached hydrogens (tertiary/aromatic N) is 1. The summed E-state index contributed by atoms with van der Waals surface area (Å²) in [5.74, 6) is -0.869. The number of hydrogen-bond acceptors (Lipinski definition) is 4. The molecule has 1 aromatic heterocycles. The van der Waals surface area contributed by atoms with Crippen LogP contribution in [0, 0.1) is 10.1 Å². The van der Waals surface area contributed by atoms with Crippen molar-refractivity contribution in [2.75, 3.05) is 6.54 Å². The average molecular weight is 314 g/mol. The largest absolute Gasteiger partial charge is 0.433 e. The maximum Gasteiger partial charge on any atom is 0.433 e. The van der Waals surface area contributed by atoms with Gasteiger partial charge in [-0.25, -0.2) is 0 Å². The molecule has 1 aliphatic rings. The minimum absolute atomic E-state index is 0.0297. The number of hydrogen-bond donors (Lipinski definition) is 1. The lowest BCUT2D eigenvalue weighted by molar-refractivity contribution is -0.402. The van der Waals surface area contributed by atoms with Gasteiger partial charge in [-0.3, -0.25) is 14.9 Å². The average Bonchev–Trinajstić information content (AvgIpc) is 3.24. The Kier molecular flexibility index (Phi) is 4.14. The zero-order valence-electron chi connectivity index (χ0n) is 12.7. The first-order valence-corrected chi connectivity index (χ1v) is 7.69. The van der Waals surface area contributed by atoms with Gasteiger partial charge < -0.3 is 9.73 Å². The van der Waals surface area contributed by atoms with Gasteiger partial charge in [-0.05, 0) is 24.5 Å². The van der Waals surface area contributed by atoms with E-state index < -0.39 is 16.7 Å². The van der Waals surface area contributed by atoms with E-state index in [0.29, 0.717) is 6.54 Å². The van der Waals surface area contributed by atoms with Gasteiger partial charge in [-0.15, -0.1) is 0 Å². The van der Waals surface area contributed by atoms with Gasteiger partial charge in [0.15, 0.2) is 5.76 Å². The normalized spacial score (nSPS) is 16.2. The van der Waals surface area contributed by atoms with E-state index in [4.69, 9.17) is 4.42 Å². The Labute approximate surface area is 133 Å². The second-order valence-electron chi connectivity index (χ2n) is 5.93. The minimum atomic E-state index is -0.654. The van der Waals surface area contributed by atoms with Crippen molar-refractivity contribution in [2.45, 2.75) is 31.1 Å². The highest BCUT2D eigenvalue weighted by atomic mass is 16.6. The molecule has 1 fully saturated rings. The maximum absolute atomic E-state index is 12.2. The maximum atomic E-state index is 12.2. The lowest BCUT2D eigenvalue weighted by Gasteiger charge is -2.29. The van der Waals surface area contributed by atoms with Gasteiger partial charge in [0.1, 0.15) is 4.92 Å². The van der Waals surface area contributed by atoms with Crippen molar-refractivity contribution in [3.8, 4) is 0 Å². The summed E-state index contributed by atoms with van der Waals surface area (Å²) in [4.78, 5) is 22.1. The Morgan fingerprint density at radius 3 is 2.48 bits per heavy atom. The molecular weight excluding hydrogens is 296 g/mol. The number of furan rings is 1. The number of rotatable bonds is 5. The van der Waals surface area contributed by atoms with Gasteiger partial charge in [0.2, 0.25) is 0 Å². The zero-order chi connectivity index (χ0) is 16.3. The summed E-state index contributed by atoms with van der Waals surface area (Å²) in [5.41, 5.74) is 1.17. The molecule has 1 saturated carbocycles. The smallest absolute Gasteiger partial charge is 0.395 e. The van der Waals surface area contributed by atoms with Crippen molar-refractivity contribution in [1.82, 2.24) is 5.32 Å². The van der Waals surface area contributed by atoms with E-state index in [0.717, 1.165) is 25.7 Å². The summed E-state index contributed by atoms with van der Waals surface area (Å²) >= 11 is 0. The van der Waals surface area contributed by atoms with Crippen molar-refractivity contribution in [1.29, 1.82) is 0 Å². The highest BCUT2D eigenvalue weighted by Gasteiger charge is 2.36. The van der Waals surface area contributed by atoms with Crippen molar-refractivity contribution in [2.24, 2.45) is 0 Å². The summed E-state index contributed by atoms with van der Waals surface area (Å²) in [7, 11) is 0. The summed E-state index contributed by atoms with van der Waals surface area (Å²) < 4.78 is 4.95. The molecule has 6 nitrogen and oxygen atoms in total. The van der Waals surface area contributed by atoms with Gasteiger partial charge in [-0.1, -0.05) is 43.2 Å². The molecule has 6 heteroatoms. The summed E-state index contributed by atoms with van der Waals surface area (Å²) in [6.45, 7) is 0.504. The molecule has 1 aromatic carbocycles. The standard InChI is InChI=1S/C17H18N2O4/c20-16(14-8-9-15(23-14)19(21)22)18-12-17(10-4-5-11-17)13-6-2-1-3-7-13/h1-3,6-9H,4-5,10-12H2,(H,18,20). The van der Waals surface area contributed by atoms with Crippen LogP contribution in [0.1, 0.15) is 41.8 Å². The highest BCUT2D eigenvalue weighted by Crippen LogP contribution is 2.40. The quantitative estimate of drug-likeness (QED) is 0.676. The molecule has 1 heterocycles. The molecule has 1 aliphatic carbocycles. The number of carbonyl (C=O) groups is 1. The van der Waals surface area contributed by atoms with Crippen molar-refractivity contribution < 1.29 is 14.1 Å². The molecule has 0 unspecified atom stereocenters. The van der Waals surface area contributed by atoms with Crippen molar-refractivity contribution in [3.05, 3.63) is 63.9 Å². The molecule has 0 bridgehead atoms.